The highest BCUT2D eigenvalue weighted by atomic mass is 19.1. The molecule has 0 bridgehead atoms. The molecule has 0 unspecified atom stereocenters. The summed E-state index contributed by atoms with van der Waals surface area (Å²) in [5.41, 5.74) is 3.00. The highest BCUT2D eigenvalue weighted by Crippen LogP contribution is 2.34. The molecule has 1 amide bonds. The molecule has 1 aliphatic heterocycles. The zero-order valence-electron chi connectivity index (χ0n) is 16.4. The molecule has 7 nitrogen and oxygen atoms in total. The third kappa shape index (κ3) is 3.84. The predicted octanol–water partition coefficient (Wildman–Crippen LogP) is 3.76. The summed E-state index contributed by atoms with van der Waals surface area (Å²) in [5.74, 6) is -0.282. The Labute approximate surface area is 172 Å². The van der Waals surface area contributed by atoms with Crippen LogP contribution in [0.2, 0.25) is 0 Å². The molecular formula is C22H19FN2O5. The van der Waals surface area contributed by atoms with Gasteiger partial charge in [0.15, 0.2) is 18.1 Å². The molecule has 1 N–H and O–H groups in total. The van der Waals surface area contributed by atoms with Crippen molar-refractivity contribution in [1.82, 2.24) is 4.57 Å². The summed E-state index contributed by atoms with van der Waals surface area (Å²) in [4.78, 5) is 24.7. The Morgan fingerprint density at radius 2 is 1.80 bits per heavy atom. The molecule has 0 fully saturated rings. The van der Waals surface area contributed by atoms with Gasteiger partial charge in [0, 0.05) is 28.8 Å². The molecule has 2 heterocycles. The molecule has 1 aliphatic rings. The number of benzene rings is 2. The second-order valence-electron chi connectivity index (χ2n) is 6.79. The third-order valence-corrected chi connectivity index (χ3v) is 4.73. The third-order valence-electron chi connectivity index (χ3n) is 4.73. The number of halogens is 1. The lowest BCUT2D eigenvalue weighted by Gasteiger charge is -2.10. The number of rotatable bonds is 5. The van der Waals surface area contributed by atoms with Crippen molar-refractivity contribution in [3.05, 3.63) is 71.3 Å². The Hall–Kier alpha value is -3.81. The molecule has 3 aromatic rings. The van der Waals surface area contributed by atoms with Crippen LogP contribution in [0, 0.1) is 19.7 Å². The van der Waals surface area contributed by atoms with E-state index in [-0.39, 0.29) is 12.6 Å². The number of hydrogen-bond acceptors (Lipinski definition) is 5. The highest BCUT2D eigenvalue weighted by Gasteiger charge is 2.19. The van der Waals surface area contributed by atoms with E-state index >= 15 is 0 Å². The van der Waals surface area contributed by atoms with E-state index in [2.05, 4.69) is 5.32 Å². The van der Waals surface area contributed by atoms with E-state index in [1.54, 1.807) is 43.3 Å². The normalized spacial score (nSPS) is 12.0. The maximum absolute atomic E-state index is 13.2. The van der Waals surface area contributed by atoms with Gasteiger partial charge in [-0.3, -0.25) is 4.79 Å². The molecule has 1 aromatic heterocycles. The smallest absolute Gasteiger partial charge is 0.340 e. The highest BCUT2D eigenvalue weighted by molar-refractivity contribution is 5.96. The van der Waals surface area contributed by atoms with Gasteiger partial charge in [0.05, 0.1) is 5.56 Å². The molecule has 154 valence electrons. The molecule has 30 heavy (non-hydrogen) atoms. The van der Waals surface area contributed by atoms with Crippen molar-refractivity contribution in [2.45, 2.75) is 13.8 Å². The van der Waals surface area contributed by atoms with Crippen molar-refractivity contribution in [2.75, 3.05) is 18.7 Å². The number of carbonyl (C=O) groups is 2. The van der Waals surface area contributed by atoms with Crippen LogP contribution in [-0.4, -0.2) is 29.8 Å². The maximum atomic E-state index is 13.2. The number of anilines is 1. The topological polar surface area (TPSA) is 78.8 Å². The second kappa shape index (κ2) is 7.90. The van der Waals surface area contributed by atoms with Gasteiger partial charge >= 0.3 is 5.97 Å². The van der Waals surface area contributed by atoms with Crippen LogP contribution in [0.4, 0.5) is 10.1 Å². The fourth-order valence-corrected chi connectivity index (χ4v) is 3.34. The van der Waals surface area contributed by atoms with Crippen LogP contribution in [0.1, 0.15) is 21.7 Å². The zero-order valence-corrected chi connectivity index (χ0v) is 16.4. The fourth-order valence-electron chi connectivity index (χ4n) is 3.34. The van der Waals surface area contributed by atoms with Crippen molar-refractivity contribution in [2.24, 2.45) is 0 Å². The van der Waals surface area contributed by atoms with Gasteiger partial charge in [-0.25, -0.2) is 9.18 Å². The van der Waals surface area contributed by atoms with E-state index in [0.29, 0.717) is 28.4 Å². The van der Waals surface area contributed by atoms with Crippen molar-refractivity contribution in [3.8, 4) is 17.2 Å². The lowest BCUT2D eigenvalue weighted by Crippen LogP contribution is -2.21. The summed E-state index contributed by atoms with van der Waals surface area (Å²) in [6.07, 6.45) is 0. The lowest BCUT2D eigenvalue weighted by atomic mass is 10.2. The summed E-state index contributed by atoms with van der Waals surface area (Å²) >= 11 is 0. The largest absolute Gasteiger partial charge is 0.454 e. The van der Waals surface area contributed by atoms with Gasteiger partial charge in [-0.2, -0.15) is 0 Å². The lowest BCUT2D eigenvalue weighted by molar-refractivity contribution is -0.119. The van der Waals surface area contributed by atoms with E-state index in [9.17, 15) is 14.0 Å². The Bertz CT molecular complexity index is 1120. The van der Waals surface area contributed by atoms with Crippen LogP contribution in [0.5, 0.6) is 11.5 Å². The Balaban J connectivity index is 1.41. The predicted molar refractivity (Wildman–Crippen MR) is 107 cm³/mol. The molecule has 0 spiro atoms. The average molecular weight is 410 g/mol. The summed E-state index contributed by atoms with van der Waals surface area (Å²) < 4.78 is 30.7. The van der Waals surface area contributed by atoms with Gasteiger partial charge in [0.1, 0.15) is 5.82 Å². The number of amides is 1. The molecule has 4 rings (SSSR count). The maximum Gasteiger partial charge on any atom is 0.340 e. The number of esters is 1. The average Bonchev–Trinajstić information content (AvgIpc) is 3.30. The molecule has 0 aliphatic carbocycles. The molecule has 0 atom stereocenters. The summed E-state index contributed by atoms with van der Waals surface area (Å²) in [5, 5.41) is 2.65. The Morgan fingerprint density at radius 1 is 1.07 bits per heavy atom. The number of fused-ring (bicyclic) bond motifs is 1. The van der Waals surface area contributed by atoms with Crippen LogP contribution in [0.15, 0.2) is 48.5 Å². The van der Waals surface area contributed by atoms with Crippen molar-refractivity contribution in [1.29, 1.82) is 0 Å². The number of nitrogens with one attached hydrogen (secondary N) is 1. The van der Waals surface area contributed by atoms with Crippen LogP contribution >= 0.6 is 0 Å². The van der Waals surface area contributed by atoms with Crippen molar-refractivity contribution < 1.29 is 28.2 Å². The van der Waals surface area contributed by atoms with Crippen LogP contribution in [-0.2, 0) is 9.53 Å². The fraction of sp³-hybridized carbons (Fsp3) is 0.182. The van der Waals surface area contributed by atoms with Gasteiger partial charge in [0.25, 0.3) is 5.91 Å². The quantitative estimate of drug-likeness (QED) is 0.648. The van der Waals surface area contributed by atoms with Crippen LogP contribution < -0.4 is 14.8 Å². The van der Waals surface area contributed by atoms with Crippen LogP contribution in [0.25, 0.3) is 5.69 Å². The molecule has 0 saturated heterocycles. The number of ether oxygens (including phenoxy) is 3. The van der Waals surface area contributed by atoms with Crippen LogP contribution in [0.3, 0.4) is 0 Å². The molecule has 0 radical (unpaired) electrons. The number of aryl methyl sites for hydroxylation is 1. The number of carbonyl (C=O) groups excluding carboxylic acids is 2. The van der Waals surface area contributed by atoms with Gasteiger partial charge in [-0.15, -0.1) is 0 Å². The van der Waals surface area contributed by atoms with E-state index in [4.69, 9.17) is 14.2 Å². The minimum atomic E-state index is -0.614. The van der Waals surface area contributed by atoms with E-state index in [1.165, 1.54) is 12.1 Å². The monoisotopic (exact) mass is 410 g/mol. The number of aromatic nitrogens is 1. The first-order chi connectivity index (χ1) is 14.4. The molecule has 2 aromatic carbocycles. The van der Waals surface area contributed by atoms with E-state index < -0.39 is 18.5 Å². The standard InChI is InChI=1S/C22H19FN2O5/c1-13-9-18(14(2)25(13)17-6-3-15(23)4-7-17)22(27)28-11-21(26)24-16-5-8-19-20(10-16)30-12-29-19/h3-10H,11-12H2,1-2H3,(H,24,26). The molecule has 8 heteroatoms. The number of hydrogen-bond donors (Lipinski definition) is 1. The van der Waals surface area contributed by atoms with Crippen molar-refractivity contribution in [3.63, 3.8) is 0 Å². The summed E-state index contributed by atoms with van der Waals surface area (Å²) in [7, 11) is 0. The molecule has 0 saturated carbocycles. The summed E-state index contributed by atoms with van der Waals surface area (Å²) in [6, 6.07) is 12.6. The zero-order chi connectivity index (χ0) is 21.3. The second-order valence-corrected chi connectivity index (χ2v) is 6.79. The first kappa shape index (κ1) is 19.5. The number of nitrogens with zero attached hydrogens (tertiary/aromatic N) is 1. The Morgan fingerprint density at radius 3 is 2.57 bits per heavy atom. The van der Waals surface area contributed by atoms with Gasteiger partial charge in [-0.05, 0) is 56.3 Å². The van der Waals surface area contributed by atoms with E-state index in [0.717, 1.165) is 11.4 Å². The van der Waals surface area contributed by atoms with Gasteiger partial charge in [-0.1, -0.05) is 0 Å². The van der Waals surface area contributed by atoms with Gasteiger partial charge in [0.2, 0.25) is 6.79 Å². The SMILES string of the molecule is Cc1cc(C(=O)OCC(=O)Nc2ccc3c(c2)OCO3)c(C)n1-c1ccc(F)cc1. The summed E-state index contributed by atoms with van der Waals surface area (Å²) in [6.45, 7) is 3.30. The van der Waals surface area contributed by atoms with E-state index in [1.807, 2.05) is 11.5 Å². The Kier molecular flexibility index (Phi) is 5.14. The minimum absolute atomic E-state index is 0.140. The molecular weight excluding hydrogens is 391 g/mol. The van der Waals surface area contributed by atoms with Gasteiger partial charge < -0.3 is 24.1 Å². The first-order valence-corrected chi connectivity index (χ1v) is 9.24. The minimum Gasteiger partial charge on any atom is -0.454 e. The first-order valence-electron chi connectivity index (χ1n) is 9.24. The van der Waals surface area contributed by atoms with Crippen molar-refractivity contribution >= 4 is 17.6 Å².